The average Bonchev–Trinajstić information content (AvgIpc) is 2.93. The summed E-state index contributed by atoms with van der Waals surface area (Å²) in [5.74, 6) is 1.73. The smallest absolute Gasteiger partial charge is 0.399 e. The Morgan fingerprint density at radius 2 is 1.79 bits per heavy atom. The molecule has 1 aromatic rings. The van der Waals surface area contributed by atoms with Crippen LogP contribution < -0.4 is 5.46 Å². The van der Waals surface area contributed by atoms with Gasteiger partial charge in [0.05, 0.1) is 11.2 Å². The van der Waals surface area contributed by atoms with Crippen molar-refractivity contribution in [1.82, 2.24) is 0 Å². The van der Waals surface area contributed by atoms with Gasteiger partial charge in [-0.05, 0) is 69.0 Å². The third kappa shape index (κ3) is 1.58. The quantitative estimate of drug-likeness (QED) is 0.719. The SMILES string of the molecule is CC1(C)OB(c2cccc3c2CC2CC32)OC1(C)C. The molecule has 3 aliphatic rings. The molecule has 2 aliphatic carbocycles. The van der Waals surface area contributed by atoms with Crippen molar-refractivity contribution in [1.29, 1.82) is 0 Å². The van der Waals surface area contributed by atoms with Gasteiger partial charge in [-0.15, -0.1) is 0 Å². The monoisotopic (exact) mass is 256 g/mol. The largest absolute Gasteiger partial charge is 0.495 e. The standard InChI is InChI=1S/C16H21BO2/c1-15(2)16(3,4)19-17(18-15)14-7-5-6-11-12-8-10(12)9-13(11)14/h5-7,10,12H,8-9H2,1-4H3. The zero-order valence-corrected chi connectivity index (χ0v) is 12.2. The lowest BCUT2D eigenvalue weighted by Gasteiger charge is -2.32. The van der Waals surface area contributed by atoms with E-state index in [-0.39, 0.29) is 18.3 Å². The Hall–Kier alpha value is -0.795. The lowest BCUT2D eigenvalue weighted by Crippen LogP contribution is -2.41. The van der Waals surface area contributed by atoms with Crippen LogP contribution >= 0.6 is 0 Å². The van der Waals surface area contributed by atoms with E-state index in [1.54, 1.807) is 5.56 Å². The predicted molar refractivity (Wildman–Crippen MR) is 76.7 cm³/mol. The Bertz CT molecular complexity index is 534. The molecule has 1 aromatic carbocycles. The van der Waals surface area contributed by atoms with Crippen molar-refractivity contribution in [2.24, 2.45) is 5.92 Å². The number of benzene rings is 1. The van der Waals surface area contributed by atoms with Gasteiger partial charge in [0.15, 0.2) is 0 Å². The minimum absolute atomic E-state index is 0.197. The van der Waals surface area contributed by atoms with Gasteiger partial charge in [-0.3, -0.25) is 0 Å². The van der Waals surface area contributed by atoms with Gasteiger partial charge in [0.1, 0.15) is 0 Å². The molecule has 2 atom stereocenters. The van der Waals surface area contributed by atoms with Crippen molar-refractivity contribution in [3.8, 4) is 0 Å². The van der Waals surface area contributed by atoms with Crippen molar-refractivity contribution in [3.05, 3.63) is 29.3 Å². The minimum atomic E-state index is -0.248. The molecule has 0 spiro atoms. The summed E-state index contributed by atoms with van der Waals surface area (Å²) in [6.07, 6.45) is 2.61. The summed E-state index contributed by atoms with van der Waals surface area (Å²) in [5.41, 5.74) is 3.83. The van der Waals surface area contributed by atoms with E-state index in [0.717, 1.165) is 11.8 Å². The second-order valence-corrected chi connectivity index (χ2v) is 7.31. The summed E-state index contributed by atoms with van der Waals surface area (Å²) in [4.78, 5) is 0. The molecule has 100 valence electrons. The second kappa shape index (κ2) is 3.45. The van der Waals surface area contributed by atoms with Crippen LogP contribution in [0.1, 0.15) is 51.2 Å². The molecule has 3 heteroatoms. The van der Waals surface area contributed by atoms with Crippen LogP contribution in [0.25, 0.3) is 0 Å². The van der Waals surface area contributed by atoms with Crippen LogP contribution in [-0.2, 0) is 15.7 Å². The second-order valence-electron chi connectivity index (χ2n) is 7.31. The zero-order chi connectivity index (χ0) is 13.4. The third-order valence-electron chi connectivity index (χ3n) is 5.54. The van der Waals surface area contributed by atoms with E-state index < -0.39 is 0 Å². The molecule has 2 fully saturated rings. The minimum Gasteiger partial charge on any atom is -0.399 e. The molecule has 1 aliphatic heterocycles. The van der Waals surface area contributed by atoms with Gasteiger partial charge in [-0.1, -0.05) is 18.2 Å². The van der Waals surface area contributed by atoms with Gasteiger partial charge in [0.2, 0.25) is 0 Å². The molecular formula is C16H21BO2. The van der Waals surface area contributed by atoms with Crippen molar-refractivity contribution in [2.45, 2.75) is 57.7 Å². The van der Waals surface area contributed by atoms with Gasteiger partial charge in [0.25, 0.3) is 0 Å². The van der Waals surface area contributed by atoms with Crippen molar-refractivity contribution >= 4 is 12.6 Å². The molecule has 19 heavy (non-hydrogen) atoms. The van der Waals surface area contributed by atoms with Gasteiger partial charge in [0, 0.05) is 0 Å². The fourth-order valence-corrected chi connectivity index (χ4v) is 3.51. The molecule has 1 saturated heterocycles. The molecule has 0 N–H and O–H groups in total. The van der Waals surface area contributed by atoms with E-state index in [9.17, 15) is 0 Å². The van der Waals surface area contributed by atoms with E-state index in [2.05, 4.69) is 45.9 Å². The van der Waals surface area contributed by atoms with Gasteiger partial charge in [-0.2, -0.15) is 0 Å². The van der Waals surface area contributed by atoms with E-state index in [4.69, 9.17) is 9.31 Å². The summed E-state index contributed by atoms with van der Waals surface area (Å²) in [5, 5.41) is 0. The highest BCUT2D eigenvalue weighted by Gasteiger charge is 2.54. The van der Waals surface area contributed by atoms with E-state index >= 15 is 0 Å². The Labute approximate surface area is 115 Å². The van der Waals surface area contributed by atoms with Crippen LogP contribution in [0.15, 0.2) is 18.2 Å². The highest BCUT2D eigenvalue weighted by atomic mass is 16.7. The molecule has 1 heterocycles. The van der Waals surface area contributed by atoms with E-state index in [0.29, 0.717) is 0 Å². The lowest BCUT2D eigenvalue weighted by molar-refractivity contribution is 0.00578. The molecule has 0 bridgehead atoms. The van der Waals surface area contributed by atoms with Crippen LogP contribution in [0.4, 0.5) is 0 Å². The van der Waals surface area contributed by atoms with Crippen molar-refractivity contribution < 1.29 is 9.31 Å². The molecule has 0 radical (unpaired) electrons. The summed E-state index contributed by atoms with van der Waals surface area (Å²) in [6, 6.07) is 6.65. The first-order valence-electron chi connectivity index (χ1n) is 7.36. The number of hydrogen-bond donors (Lipinski definition) is 0. The maximum absolute atomic E-state index is 6.20. The van der Waals surface area contributed by atoms with E-state index in [1.807, 2.05) is 0 Å². The molecule has 1 saturated carbocycles. The number of fused-ring (bicyclic) bond motifs is 3. The zero-order valence-electron chi connectivity index (χ0n) is 12.2. The first-order chi connectivity index (χ1) is 8.89. The van der Waals surface area contributed by atoms with Crippen LogP contribution in [0.2, 0.25) is 0 Å². The fraction of sp³-hybridized carbons (Fsp3) is 0.625. The molecule has 2 nitrogen and oxygen atoms in total. The number of rotatable bonds is 1. The van der Waals surface area contributed by atoms with Gasteiger partial charge in [-0.25, -0.2) is 0 Å². The predicted octanol–water partition coefficient (Wildman–Crippen LogP) is 2.65. The summed E-state index contributed by atoms with van der Waals surface area (Å²) in [6.45, 7) is 8.47. The average molecular weight is 256 g/mol. The van der Waals surface area contributed by atoms with Crippen LogP contribution in [-0.4, -0.2) is 18.3 Å². The Morgan fingerprint density at radius 1 is 1.11 bits per heavy atom. The first-order valence-corrected chi connectivity index (χ1v) is 7.36. The Morgan fingerprint density at radius 3 is 2.47 bits per heavy atom. The summed E-state index contributed by atoms with van der Waals surface area (Å²) in [7, 11) is -0.197. The highest BCUT2D eigenvalue weighted by molar-refractivity contribution is 6.62. The molecule has 0 aromatic heterocycles. The van der Waals surface area contributed by atoms with Crippen LogP contribution in [0.5, 0.6) is 0 Å². The van der Waals surface area contributed by atoms with Gasteiger partial charge < -0.3 is 9.31 Å². The first kappa shape index (κ1) is 12.0. The van der Waals surface area contributed by atoms with Crippen molar-refractivity contribution in [3.63, 3.8) is 0 Å². The Kier molecular flexibility index (Phi) is 2.17. The molecule has 4 rings (SSSR count). The maximum Gasteiger partial charge on any atom is 0.495 e. The summed E-state index contributed by atoms with van der Waals surface area (Å²) < 4.78 is 12.4. The lowest BCUT2D eigenvalue weighted by atomic mass is 9.74. The Balaban J connectivity index is 1.72. The van der Waals surface area contributed by atoms with Gasteiger partial charge >= 0.3 is 7.12 Å². The molecule has 0 amide bonds. The van der Waals surface area contributed by atoms with E-state index in [1.165, 1.54) is 23.9 Å². The fourth-order valence-electron chi connectivity index (χ4n) is 3.51. The normalized spacial score (nSPS) is 33.2. The molecular weight excluding hydrogens is 235 g/mol. The van der Waals surface area contributed by atoms with Crippen LogP contribution in [0, 0.1) is 5.92 Å². The third-order valence-corrected chi connectivity index (χ3v) is 5.54. The summed E-state index contributed by atoms with van der Waals surface area (Å²) >= 11 is 0. The topological polar surface area (TPSA) is 18.5 Å². The number of hydrogen-bond acceptors (Lipinski definition) is 2. The van der Waals surface area contributed by atoms with Crippen molar-refractivity contribution in [2.75, 3.05) is 0 Å². The maximum atomic E-state index is 6.20. The van der Waals surface area contributed by atoms with Crippen LogP contribution in [0.3, 0.4) is 0 Å². The molecule has 2 unspecified atom stereocenters. The highest BCUT2D eigenvalue weighted by Crippen LogP contribution is 2.55.